The van der Waals surface area contributed by atoms with Crippen molar-refractivity contribution >= 4 is 15.9 Å². The minimum Gasteiger partial charge on any atom is -0.508 e. The zero-order valence-corrected chi connectivity index (χ0v) is 11.4. The van der Waals surface area contributed by atoms with E-state index in [0.29, 0.717) is 13.2 Å². The van der Waals surface area contributed by atoms with E-state index < -0.39 is 0 Å². The molecule has 2 aromatic carbocycles. The van der Waals surface area contributed by atoms with Gasteiger partial charge in [-0.1, -0.05) is 28.1 Å². The molecule has 0 radical (unpaired) electrons. The maximum atomic E-state index is 9.19. The van der Waals surface area contributed by atoms with Crippen LogP contribution in [0.2, 0.25) is 0 Å². The van der Waals surface area contributed by atoms with Crippen LogP contribution in [0.1, 0.15) is 11.1 Å². The third-order valence-electron chi connectivity index (χ3n) is 2.57. The molecule has 94 valence electrons. The van der Waals surface area contributed by atoms with E-state index in [2.05, 4.69) is 15.9 Å². The fourth-order valence-electron chi connectivity index (χ4n) is 1.60. The quantitative estimate of drug-likeness (QED) is 0.912. The van der Waals surface area contributed by atoms with E-state index in [1.807, 2.05) is 30.3 Å². The van der Waals surface area contributed by atoms with Crippen molar-refractivity contribution in [2.75, 3.05) is 0 Å². The summed E-state index contributed by atoms with van der Waals surface area (Å²) in [7, 11) is 0. The van der Waals surface area contributed by atoms with Gasteiger partial charge in [-0.2, -0.15) is 0 Å². The van der Waals surface area contributed by atoms with Crippen LogP contribution in [0.25, 0.3) is 0 Å². The molecule has 0 bridgehead atoms. The first kappa shape index (κ1) is 12.9. The van der Waals surface area contributed by atoms with Gasteiger partial charge < -0.3 is 15.6 Å². The Kier molecular flexibility index (Phi) is 4.23. The molecule has 0 saturated carbocycles. The number of hydrogen-bond acceptors (Lipinski definition) is 3. The number of phenols is 1. The minimum absolute atomic E-state index is 0.255. The molecule has 2 aromatic rings. The number of hydrogen-bond donors (Lipinski definition) is 2. The van der Waals surface area contributed by atoms with Crippen molar-refractivity contribution in [2.24, 2.45) is 5.73 Å². The van der Waals surface area contributed by atoms with E-state index in [-0.39, 0.29) is 5.75 Å². The number of ether oxygens (including phenoxy) is 1. The molecule has 0 aliphatic rings. The van der Waals surface area contributed by atoms with Gasteiger partial charge in [0.2, 0.25) is 0 Å². The van der Waals surface area contributed by atoms with Gasteiger partial charge in [0, 0.05) is 16.6 Å². The molecular weight excluding hydrogens is 294 g/mol. The largest absolute Gasteiger partial charge is 0.508 e. The van der Waals surface area contributed by atoms with Gasteiger partial charge in [-0.3, -0.25) is 0 Å². The third kappa shape index (κ3) is 3.24. The predicted octanol–water partition coefficient (Wildman–Crippen LogP) is 3.19. The van der Waals surface area contributed by atoms with Crippen LogP contribution in [0.4, 0.5) is 0 Å². The molecule has 0 atom stereocenters. The van der Waals surface area contributed by atoms with Crippen molar-refractivity contribution in [1.29, 1.82) is 0 Å². The second-order valence-corrected chi connectivity index (χ2v) is 4.83. The number of nitrogens with two attached hydrogens (primary N) is 1. The molecule has 0 fully saturated rings. The first-order valence-corrected chi connectivity index (χ1v) is 6.37. The fraction of sp³-hybridized carbons (Fsp3) is 0.143. The lowest BCUT2D eigenvalue weighted by Gasteiger charge is -2.11. The second kappa shape index (κ2) is 5.89. The standard InChI is InChI=1S/C14H14BrNO2/c15-12-3-6-14(11(7-12)8-16)18-9-10-1-4-13(17)5-2-10/h1-7,17H,8-9,16H2. The number of halogens is 1. The van der Waals surface area contributed by atoms with Crippen molar-refractivity contribution in [3.8, 4) is 11.5 Å². The third-order valence-corrected chi connectivity index (χ3v) is 3.07. The molecular formula is C14H14BrNO2. The highest BCUT2D eigenvalue weighted by Gasteiger charge is 2.03. The zero-order valence-electron chi connectivity index (χ0n) is 9.77. The van der Waals surface area contributed by atoms with Gasteiger partial charge in [-0.25, -0.2) is 0 Å². The number of rotatable bonds is 4. The molecule has 0 heterocycles. The molecule has 4 heteroatoms. The van der Waals surface area contributed by atoms with Gasteiger partial charge in [0.25, 0.3) is 0 Å². The van der Waals surface area contributed by atoms with Crippen LogP contribution < -0.4 is 10.5 Å². The Morgan fingerprint density at radius 2 is 1.83 bits per heavy atom. The molecule has 0 spiro atoms. The average Bonchev–Trinajstić information content (AvgIpc) is 2.39. The Bertz CT molecular complexity index is 526. The summed E-state index contributed by atoms with van der Waals surface area (Å²) in [6.45, 7) is 0.888. The van der Waals surface area contributed by atoms with Crippen molar-refractivity contribution < 1.29 is 9.84 Å². The summed E-state index contributed by atoms with van der Waals surface area (Å²) in [5.41, 5.74) is 7.63. The lowest BCUT2D eigenvalue weighted by atomic mass is 10.2. The maximum absolute atomic E-state index is 9.19. The Labute approximate surface area is 114 Å². The Morgan fingerprint density at radius 3 is 2.50 bits per heavy atom. The first-order chi connectivity index (χ1) is 8.69. The van der Waals surface area contributed by atoms with Crippen LogP contribution in [0.5, 0.6) is 11.5 Å². The zero-order chi connectivity index (χ0) is 13.0. The summed E-state index contributed by atoms with van der Waals surface area (Å²) in [6, 6.07) is 12.7. The van der Waals surface area contributed by atoms with Gasteiger partial charge >= 0.3 is 0 Å². The first-order valence-electron chi connectivity index (χ1n) is 5.58. The Balaban J connectivity index is 2.08. The molecule has 0 unspecified atom stereocenters. The van der Waals surface area contributed by atoms with Crippen LogP contribution in [0.3, 0.4) is 0 Å². The van der Waals surface area contributed by atoms with E-state index in [1.165, 1.54) is 0 Å². The monoisotopic (exact) mass is 307 g/mol. The molecule has 0 aliphatic carbocycles. The molecule has 3 N–H and O–H groups in total. The smallest absolute Gasteiger partial charge is 0.124 e. The fourth-order valence-corrected chi connectivity index (χ4v) is 2.01. The van der Waals surface area contributed by atoms with Crippen LogP contribution in [-0.4, -0.2) is 5.11 Å². The van der Waals surface area contributed by atoms with Gasteiger partial charge in [-0.15, -0.1) is 0 Å². The summed E-state index contributed by atoms with van der Waals surface area (Å²) < 4.78 is 6.71. The van der Waals surface area contributed by atoms with Crippen molar-refractivity contribution in [2.45, 2.75) is 13.2 Å². The van der Waals surface area contributed by atoms with E-state index in [9.17, 15) is 5.11 Å². The Morgan fingerprint density at radius 1 is 1.11 bits per heavy atom. The van der Waals surface area contributed by atoms with Crippen LogP contribution in [-0.2, 0) is 13.2 Å². The van der Waals surface area contributed by atoms with Gasteiger partial charge in [0.05, 0.1) is 0 Å². The average molecular weight is 308 g/mol. The normalized spacial score (nSPS) is 10.3. The molecule has 18 heavy (non-hydrogen) atoms. The molecule has 0 amide bonds. The Hall–Kier alpha value is -1.52. The van der Waals surface area contributed by atoms with Crippen molar-refractivity contribution in [3.05, 3.63) is 58.1 Å². The molecule has 3 nitrogen and oxygen atoms in total. The van der Waals surface area contributed by atoms with E-state index >= 15 is 0 Å². The van der Waals surface area contributed by atoms with Crippen molar-refractivity contribution in [1.82, 2.24) is 0 Å². The highest BCUT2D eigenvalue weighted by atomic mass is 79.9. The van der Waals surface area contributed by atoms with Gasteiger partial charge in [0.15, 0.2) is 0 Å². The van der Waals surface area contributed by atoms with Crippen molar-refractivity contribution in [3.63, 3.8) is 0 Å². The molecule has 0 aliphatic heterocycles. The van der Waals surface area contributed by atoms with E-state index in [0.717, 1.165) is 21.3 Å². The highest BCUT2D eigenvalue weighted by molar-refractivity contribution is 9.10. The predicted molar refractivity (Wildman–Crippen MR) is 74.5 cm³/mol. The van der Waals surface area contributed by atoms with E-state index in [1.54, 1.807) is 12.1 Å². The maximum Gasteiger partial charge on any atom is 0.124 e. The summed E-state index contributed by atoms with van der Waals surface area (Å²) >= 11 is 3.40. The van der Waals surface area contributed by atoms with Gasteiger partial charge in [-0.05, 0) is 35.9 Å². The lowest BCUT2D eigenvalue weighted by Crippen LogP contribution is -2.02. The summed E-state index contributed by atoms with van der Waals surface area (Å²) in [5.74, 6) is 1.04. The number of benzene rings is 2. The molecule has 2 rings (SSSR count). The summed E-state index contributed by atoms with van der Waals surface area (Å²) in [5, 5.41) is 9.19. The van der Waals surface area contributed by atoms with E-state index in [4.69, 9.17) is 10.5 Å². The SMILES string of the molecule is NCc1cc(Br)ccc1OCc1ccc(O)cc1. The highest BCUT2D eigenvalue weighted by Crippen LogP contribution is 2.23. The van der Waals surface area contributed by atoms with Crippen LogP contribution in [0.15, 0.2) is 46.9 Å². The topological polar surface area (TPSA) is 55.5 Å². The van der Waals surface area contributed by atoms with Crippen LogP contribution in [0, 0.1) is 0 Å². The summed E-state index contributed by atoms with van der Waals surface area (Å²) in [4.78, 5) is 0. The number of phenolic OH excluding ortho intramolecular Hbond substituents is 1. The molecule has 0 aromatic heterocycles. The van der Waals surface area contributed by atoms with Gasteiger partial charge in [0.1, 0.15) is 18.1 Å². The summed E-state index contributed by atoms with van der Waals surface area (Å²) in [6.07, 6.45) is 0. The number of aromatic hydroxyl groups is 1. The van der Waals surface area contributed by atoms with Crippen LogP contribution >= 0.6 is 15.9 Å². The second-order valence-electron chi connectivity index (χ2n) is 3.91. The minimum atomic E-state index is 0.255. The molecule has 0 saturated heterocycles. The lowest BCUT2D eigenvalue weighted by molar-refractivity contribution is 0.303.